The Hall–Kier alpha value is -2.44. The molecule has 2 aromatic carbocycles. The number of hydrogen-bond acceptors (Lipinski definition) is 4. The van der Waals surface area contributed by atoms with Crippen molar-refractivity contribution < 1.29 is 8.42 Å². The van der Waals surface area contributed by atoms with Crippen LogP contribution in [0.4, 0.5) is 0 Å². The minimum Gasteiger partial charge on any atom is -0.294 e. The van der Waals surface area contributed by atoms with Gasteiger partial charge in [0.2, 0.25) is 0 Å². The molecule has 0 aliphatic rings. The van der Waals surface area contributed by atoms with Crippen LogP contribution in [0.25, 0.3) is 26.7 Å². The molecule has 0 saturated heterocycles. The number of imidazole rings is 1. The smallest absolute Gasteiger partial charge is 0.195 e. The van der Waals surface area contributed by atoms with Crippen molar-refractivity contribution in [1.29, 1.82) is 0 Å². The summed E-state index contributed by atoms with van der Waals surface area (Å²) in [7, 11) is -3.29. The van der Waals surface area contributed by atoms with E-state index in [2.05, 4.69) is 0 Å². The van der Waals surface area contributed by atoms with E-state index < -0.39 is 9.84 Å². The highest BCUT2D eigenvalue weighted by molar-refractivity contribution is 7.90. The Kier molecular flexibility index (Phi) is 3.74. The van der Waals surface area contributed by atoms with Gasteiger partial charge in [0.25, 0.3) is 0 Å². The molecule has 2 aromatic heterocycles. The van der Waals surface area contributed by atoms with Gasteiger partial charge < -0.3 is 0 Å². The molecule has 0 bridgehead atoms. The highest BCUT2D eigenvalue weighted by Crippen LogP contribution is 2.37. The van der Waals surface area contributed by atoms with Gasteiger partial charge in [-0.2, -0.15) is 0 Å². The van der Waals surface area contributed by atoms with Crippen LogP contribution < -0.4 is 0 Å². The Balaban J connectivity index is 1.89. The van der Waals surface area contributed by atoms with E-state index in [1.165, 1.54) is 17.6 Å². The van der Waals surface area contributed by atoms with E-state index in [1.54, 1.807) is 12.1 Å². The molecule has 0 N–H and O–H groups in total. The Morgan fingerprint density at radius 3 is 2.36 bits per heavy atom. The van der Waals surface area contributed by atoms with Gasteiger partial charge in [0.1, 0.15) is 0 Å². The molecule has 6 heteroatoms. The van der Waals surface area contributed by atoms with Crippen LogP contribution in [0.15, 0.2) is 65.7 Å². The quantitative estimate of drug-likeness (QED) is 0.537. The largest absolute Gasteiger partial charge is 0.294 e. The van der Waals surface area contributed by atoms with Gasteiger partial charge in [-0.1, -0.05) is 59.9 Å². The fourth-order valence-electron chi connectivity index (χ4n) is 2.93. The lowest BCUT2D eigenvalue weighted by Gasteiger charge is -2.06. The molecule has 0 aliphatic carbocycles. The average Bonchev–Trinajstić information content (AvgIpc) is 3.15. The van der Waals surface area contributed by atoms with Crippen molar-refractivity contribution in [2.75, 3.05) is 6.26 Å². The summed E-state index contributed by atoms with van der Waals surface area (Å²) in [6, 6.07) is 17.1. The summed E-state index contributed by atoms with van der Waals surface area (Å²) in [6.45, 7) is 1.99. The molecule has 126 valence electrons. The van der Waals surface area contributed by atoms with Crippen LogP contribution in [0.1, 0.15) is 5.69 Å². The van der Waals surface area contributed by atoms with Crippen LogP contribution in [0, 0.1) is 6.92 Å². The maximum atomic E-state index is 12.1. The zero-order chi connectivity index (χ0) is 17.6. The van der Waals surface area contributed by atoms with Crippen LogP contribution in [0.3, 0.4) is 0 Å². The molecule has 0 saturated carbocycles. The average molecular weight is 368 g/mol. The molecule has 0 aliphatic heterocycles. The zero-order valence-electron chi connectivity index (χ0n) is 13.8. The predicted molar refractivity (Wildman–Crippen MR) is 102 cm³/mol. The first-order valence-corrected chi connectivity index (χ1v) is 10.5. The Morgan fingerprint density at radius 1 is 1.00 bits per heavy atom. The highest BCUT2D eigenvalue weighted by Gasteiger charge is 2.19. The van der Waals surface area contributed by atoms with Gasteiger partial charge in [-0.3, -0.25) is 4.40 Å². The first kappa shape index (κ1) is 16.1. The van der Waals surface area contributed by atoms with Crippen LogP contribution in [-0.4, -0.2) is 24.1 Å². The molecular weight excluding hydrogens is 352 g/mol. The lowest BCUT2D eigenvalue weighted by atomic mass is 10.1. The molecule has 4 aromatic rings. The second kappa shape index (κ2) is 5.82. The molecule has 2 heterocycles. The van der Waals surface area contributed by atoms with Crippen molar-refractivity contribution in [3.63, 3.8) is 0 Å². The molecule has 0 atom stereocenters. The van der Waals surface area contributed by atoms with Gasteiger partial charge >= 0.3 is 0 Å². The zero-order valence-corrected chi connectivity index (χ0v) is 15.4. The molecule has 25 heavy (non-hydrogen) atoms. The molecule has 4 rings (SSSR count). The number of fused-ring (bicyclic) bond motifs is 1. The molecule has 0 amide bonds. The Labute approximate surface area is 150 Å². The van der Waals surface area contributed by atoms with E-state index in [0.29, 0.717) is 4.90 Å². The SMILES string of the molecule is Cc1c(-c2ccccc2S(C)(=O)=O)sc2nc(-c3ccccc3)cn12. The number of nitrogens with zero attached hydrogens (tertiary/aromatic N) is 2. The van der Waals surface area contributed by atoms with E-state index in [-0.39, 0.29) is 0 Å². The number of hydrogen-bond donors (Lipinski definition) is 0. The van der Waals surface area contributed by atoms with Gasteiger partial charge in [0.15, 0.2) is 14.8 Å². The number of thiazole rings is 1. The highest BCUT2D eigenvalue weighted by atomic mass is 32.2. The van der Waals surface area contributed by atoms with E-state index in [4.69, 9.17) is 4.98 Å². The minimum absolute atomic E-state index is 0.353. The summed E-state index contributed by atoms with van der Waals surface area (Å²) in [5, 5.41) is 0. The second-order valence-corrected chi connectivity index (χ2v) is 8.89. The van der Waals surface area contributed by atoms with Crippen LogP contribution in [0.5, 0.6) is 0 Å². The minimum atomic E-state index is -3.29. The fraction of sp³-hybridized carbons (Fsp3) is 0.105. The monoisotopic (exact) mass is 368 g/mol. The molecule has 0 spiro atoms. The van der Waals surface area contributed by atoms with Gasteiger partial charge in [-0.25, -0.2) is 13.4 Å². The summed E-state index contributed by atoms with van der Waals surface area (Å²) in [4.78, 5) is 6.86. The molecular formula is C19H16N2O2S2. The third kappa shape index (κ3) is 2.77. The standard InChI is InChI=1S/C19H16N2O2S2/c1-13-18(15-10-6-7-11-17(15)25(2,22)23)24-19-20-16(12-21(13)19)14-8-4-3-5-9-14/h3-12H,1-2H3. The predicted octanol–water partition coefficient (Wildman–Crippen LogP) is 4.44. The van der Waals surface area contributed by atoms with E-state index >= 15 is 0 Å². The van der Waals surface area contributed by atoms with Crippen molar-refractivity contribution in [1.82, 2.24) is 9.38 Å². The van der Waals surface area contributed by atoms with Gasteiger partial charge in [-0.15, -0.1) is 0 Å². The summed E-state index contributed by atoms with van der Waals surface area (Å²) in [5.74, 6) is 0. The summed E-state index contributed by atoms with van der Waals surface area (Å²) in [6.07, 6.45) is 3.25. The summed E-state index contributed by atoms with van der Waals surface area (Å²) >= 11 is 1.51. The second-order valence-electron chi connectivity index (χ2n) is 5.93. The van der Waals surface area contributed by atoms with E-state index in [0.717, 1.165) is 32.4 Å². The number of aryl methyl sites for hydroxylation is 1. The van der Waals surface area contributed by atoms with Crippen LogP contribution in [0.2, 0.25) is 0 Å². The van der Waals surface area contributed by atoms with Gasteiger partial charge in [0, 0.05) is 29.3 Å². The number of benzene rings is 2. The number of rotatable bonds is 3. The Bertz CT molecular complexity index is 1170. The summed E-state index contributed by atoms with van der Waals surface area (Å²) < 4.78 is 26.3. The number of aromatic nitrogens is 2. The Morgan fingerprint density at radius 2 is 1.68 bits per heavy atom. The molecule has 0 fully saturated rings. The first-order chi connectivity index (χ1) is 11.9. The molecule has 0 unspecified atom stereocenters. The van der Waals surface area contributed by atoms with Crippen molar-refractivity contribution >= 4 is 26.1 Å². The fourth-order valence-corrected chi connectivity index (χ4v) is 5.03. The van der Waals surface area contributed by atoms with Crippen molar-refractivity contribution in [3.05, 3.63) is 66.5 Å². The maximum absolute atomic E-state index is 12.1. The number of sulfone groups is 1. The van der Waals surface area contributed by atoms with E-state index in [9.17, 15) is 8.42 Å². The van der Waals surface area contributed by atoms with Crippen LogP contribution >= 0.6 is 11.3 Å². The molecule has 0 radical (unpaired) electrons. The topological polar surface area (TPSA) is 51.4 Å². The van der Waals surface area contributed by atoms with Gasteiger partial charge in [0.05, 0.1) is 15.5 Å². The van der Waals surface area contributed by atoms with Crippen molar-refractivity contribution in [2.24, 2.45) is 0 Å². The third-order valence-electron chi connectivity index (χ3n) is 4.16. The summed E-state index contributed by atoms with van der Waals surface area (Å²) in [5.41, 5.74) is 3.71. The molecule has 4 nitrogen and oxygen atoms in total. The first-order valence-electron chi connectivity index (χ1n) is 7.78. The van der Waals surface area contributed by atoms with Gasteiger partial charge in [-0.05, 0) is 13.0 Å². The normalized spacial score (nSPS) is 11.9. The maximum Gasteiger partial charge on any atom is 0.195 e. The van der Waals surface area contributed by atoms with Crippen molar-refractivity contribution in [2.45, 2.75) is 11.8 Å². The van der Waals surface area contributed by atoms with Crippen molar-refractivity contribution in [3.8, 4) is 21.7 Å². The lowest BCUT2D eigenvalue weighted by molar-refractivity contribution is 0.602. The third-order valence-corrected chi connectivity index (χ3v) is 6.50. The van der Waals surface area contributed by atoms with Crippen LogP contribution in [-0.2, 0) is 9.84 Å². The van der Waals surface area contributed by atoms with E-state index in [1.807, 2.05) is 60.0 Å². The lowest BCUT2D eigenvalue weighted by Crippen LogP contribution is -1.99.